The van der Waals surface area contributed by atoms with Gasteiger partial charge in [0.1, 0.15) is 19.0 Å². The lowest BCUT2D eigenvalue weighted by atomic mass is 9.77. The summed E-state index contributed by atoms with van der Waals surface area (Å²) in [6.45, 7) is 4.28. The molecule has 120 valence electrons. The minimum Gasteiger partial charge on any atom is -0.492 e. The number of ether oxygens (including phenoxy) is 2. The molecule has 1 heterocycles. The van der Waals surface area contributed by atoms with Crippen molar-refractivity contribution in [3.05, 3.63) is 24.3 Å². The zero-order chi connectivity index (χ0) is 15.4. The van der Waals surface area contributed by atoms with E-state index < -0.39 is 0 Å². The first kappa shape index (κ1) is 15.3. The normalized spacial score (nSPS) is 23.7. The van der Waals surface area contributed by atoms with Crippen molar-refractivity contribution in [3.8, 4) is 5.75 Å². The number of amides is 1. The Balaban J connectivity index is 1.38. The molecule has 1 aliphatic carbocycles. The Kier molecular flexibility index (Phi) is 4.95. The molecule has 1 N–H and O–H groups in total. The third kappa shape index (κ3) is 3.78. The van der Waals surface area contributed by atoms with Gasteiger partial charge in [0.05, 0.1) is 0 Å². The van der Waals surface area contributed by atoms with Crippen LogP contribution >= 0.6 is 0 Å². The number of hydrogen-bond donors (Lipinski definition) is 1. The van der Waals surface area contributed by atoms with Crippen molar-refractivity contribution in [2.24, 2.45) is 11.8 Å². The van der Waals surface area contributed by atoms with Crippen LogP contribution in [0.3, 0.4) is 0 Å². The van der Waals surface area contributed by atoms with E-state index >= 15 is 0 Å². The van der Waals surface area contributed by atoms with Crippen molar-refractivity contribution in [1.82, 2.24) is 4.90 Å². The van der Waals surface area contributed by atoms with E-state index in [1.165, 1.54) is 33.0 Å². The van der Waals surface area contributed by atoms with Gasteiger partial charge in [-0.15, -0.1) is 0 Å². The zero-order valence-corrected chi connectivity index (χ0v) is 13.1. The molecule has 1 amide bonds. The van der Waals surface area contributed by atoms with E-state index in [1.54, 1.807) is 0 Å². The number of hydrogen-bond acceptors (Lipinski definition) is 4. The maximum atomic E-state index is 11.4. The van der Waals surface area contributed by atoms with Crippen LogP contribution < -0.4 is 10.1 Å². The Morgan fingerprint density at radius 3 is 2.50 bits per heavy atom. The lowest BCUT2D eigenvalue weighted by molar-refractivity contribution is -0.119. The highest BCUT2D eigenvalue weighted by Gasteiger charge is 2.38. The van der Waals surface area contributed by atoms with Crippen molar-refractivity contribution >= 4 is 11.6 Å². The molecule has 3 rings (SSSR count). The SMILES string of the molecule is COCC(=O)Nc1ccc(OCCN2C[C@H]3CC[C@H]3C2)cc1. The average Bonchev–Trinajstić information content (AvgIpc) is 2.77. The molecule has 1 saturated heterocycles. The van der Waals surface area contributed by atoms with E-state index in [0.29, 0.717) is 0 Å². The summed E-state index contributed by atoms with van der Waals surface area (Å²) < 4.78 is 10.6. The number of carbonyl (C=O) groups excluding carboxylic acids is 1. The molecule has 1 saturated carbocycles. The first-order valence-electron chi connectivity index (χ1n) is 7.98. The molecule has 1 aliphatic heterocycles. The molecule has 2 atom stereocenters. The Hall–Kier alpha value is -1.59. The molecule has 2 aliphatic rings. The Morgan fingerprint density at radius 2 is 1.91 bits per heavy atom. The number of benzene rings is 1. The summed E-state index contributed by atoms with van der Waals surface area (Å²) in [5, 5.41) is 2.76. The van der Waals surface area contributed by atoms with Gasteiger partial charge in [0, 0.05) is 32.4 Å². The number of carbonyl (C=O) groups is 1. The fraction of sp³-hybridized carbons (Fsp3) is 0.588. The fourth-order valence-electron chi connectivity index (χ4n) is 3.29. The molecule has 0 bridgehead atoms. The summed E-state index contributed by atoms with van der Waals surface area (Å²) in [4.78, 5) is 13.9. The van der Waals surface area contributed by atoms with Crippen molar-refractivity contribution in [2.75, 3.05) is 45.3 Å². The molecule has 22 heavy (non-hydrogen) atoms. The first-order valence-corrected chi connectivity index (χ1v) is 7.98. The molecule has 0 radical (unpaired) electrons. The number of likely N-dealkylation sites (tertiary alicyclic amines) is 1. The van der Waals surface area contributed by atoms with E-state index in [2.05, 4.69) is 10.2 Å². The van der Waals surface area contributed by atoms with Gasteiger partial charge in [0.2, 0.25) is 5.91 Å². The van der Waals surface area contributed by atoms with Crippen LogP contribution in [0.5, 0.6) is 5.75 Å². The van der Waals surface area contributed by atoms with Crippen LogP contribution in [0.1, 0.15) is 12.8 Å². The van der Waals surface area contributed by atoms with Crippen molar-refractivity contribution in [3.63, 3.8) is 0 Å². The molecule has 0 spiro atoms. The van der Waals surface area contributed by atoms with Crippen LogP contribution in [0.25, 0.3) is 0 Å². The molecule has 2 fully saturated rings. The van der Waals surface area contributed by atoms with Crippen LogP contribution in [0, 0.1) is 11.8 Å². The van der Waals surface area contributed by atoms with Gasteiger partial charge in [-0.05, 0) is 48.9 Å². The van der Waals surface area contributed by atoms with Gasteiger partial charge in [-0.1, -0.05) is 0 Å². The number of nitrogens with zero attached hydrogens (tertiary/aromatic N) is 1. The lowest BCUT2D eigenvalue weighted by Gasteiger charge is -2.28. The highest BCUT2D eigenvalue weighted by molar-refractivity contribution is 5.91. The second-order valence-electron chi connectivity index (χ2n) is 6.21. The number of methoxy groups -OCH3 is 1. The van der Waals surface area contributed by atoms with Crippen molar-refractivity contribution in [2.45, 2.75) is 12.8 Å². The van der Waals surface area contributed by atoms with Gasteiger partial charge < -0.3 is 14.8 Å². The monoisotopic (exact) mass is 304 g/mol. The van der Waals surface area contributed by atoms with Crippen LogP contribution in [0.15, 0.2) is 24.3 Å². The molecular weight excluding hydrogens is 280 g/mol. The highest BCUT2D eigenvalue weighted by Crippen LogP contribution is 2.40. The van der Waals surface area contributed by atoms with Gasteiger partial charge in [-0.2, -0.15) is 0 Å². The molecular formula is C17H24N2O3. The maximum absolute atomic E-state index is 11.4. The molecule has 5 heteroatoms. The Labute approximate surface area is 131 Å². The highest BCUT2D eigenvalue weighted by atomic mass is 16.5. The maximum Gasteiger partial charge on any atom is 0.250 e. The van der Waals surface area contributed by atoms with Gasteiger partial charge in [0.25, 0.3) is 0 Å². The third-order valence-electron chi connectivity index (χ3n) is 4.65. The van der Waals surface area contributed by atoms with E-state index in [4.69, 9.17) is 9.47 Å². The minimum atomic E-state index is -0.153. The van der Waals surface area contributed by atoms with Crippen molar-refractivity contribution < 1.29 is 14.3 Å². The van der Waals surface area contributed by atoms with E-state index in [1.807, 2.05) is 24.3 Å². The molecule has 0 aromatic heterocycles. The average molecular weight is 304 g/mol. The van der Waals surface area contributed by atoms with Gasteiger partial charge in [0.15, 0.2) is 0 Å². The summed E-state index contributed by atoms with van der Waals surface area (Å²) in [5.74, 6) is 2.59. The summed E-state index contributed by atoms with van der Waals surface area (Å²) in [6.07, 6.45) is 2.83. The molecule has 1 aromatic carbocycles. The van der Waals surface area contributed by atoms with Crippen molar-refractivity contribution in [1.29, 1.82) is 0 Å². The van der Waals surface area contributed by atoms with Crippen LogP contribution in [-0.4, -0.2) is 50.8 Å². The predicted molar refractivity (Wildman–Crippen MR) is 85.1 cm³/mol. The molecule has 5 nitrogen and oxygen atoms in total. The van der Waals surface area contributed by atoms with E-state index in [-0.39, 0.29) is 12.5 Å². The largest absolute Gasteiger partial charge is 0.492 e. The fourth-order valence-corrected chi connectivity index (χ4v) is 3.29. The Morgan fingerprint density at radius 1 is 1.23 bits per heavy atom. The van der Waals surface area contributed by atoms with Crippen LogP contribution in [0.2, 0.25) is 0 Å². The second kappa shape index (κ2) is 7.11. The topological polar surface area (TPSA) is 50.8 Å². The van der Waals surface area contributed by atoms with Gasteiger partial charge >= 0.3 is 0 Å². The number of anilines is 1. The summed E-state index contributed by atoms with van der Waals surface area (Å²) in [7, 11) is 1.50. The number of fused-ring (bicyclic) bond motifs is 1. The van der Waals surface area contributed by atoms with Crippen LogP contribution in [-0.2, 0) is 9.53 Å². The summed E-state index contributed by atoms with van der Waals surface area (Å²) in [5.41, 5.74) is 0.755. The molecule has 0 unspecified atom stereocenters. The van der Waals surface area contributed by atoms with Gasteiger partial charge in [-0.3, -0.25) is 9.69 Å². The Bertz CT molecular complexity index is 491. The van der Waals surface area contributed by atoms with E-state index in [9.17, 15) is 4.79 Å². The lowest BCUT2D eigenvalue weighted by Crippen LogP contribution is -2.26. The summed E-state index contributed by atoms with van der Waals surface area (Å²) >= 11 is 0. The van der Waals surface area contributed by atoms with E-state index in [0.717, 1.165) is 36.4 Å². The molecule has 1 aromatic rings. The van der Waals surface area contributed by atoms with Crippen LogP contribution in [0.4, 0.5) is 5.69 Å². The standard InChI is InChI=1S/C17H24N2O3/c1-21-12-17(20)18-15-4-6-16(7-5-15)22-9-8-19-10-13-2-3-14(13)11-19/h4-7,13-14H,2-3,8-12H2,1H3,(H,18,20)/t13-,14+. The third-order valence-corrected chi connectivity index (χ3v) is 4.65. The minimum absolute atomic E-state index is 0.0655. The second-order valence-corrected chi connectivity index (χ2v) is 6.21. The number of nitrogens with one attached hydrogen (secondary N) is 1. The quantitative estimate of drug-likeness (QED) is 0.837. The smallest absolute Gasteiger partial charge is 0.250 e. The zero-order valence-electron chi connectivity index (χ0n) is 13.1. The summed E-state index contributed by atoms with van der Waals surface area (Å²) in [6, 6.07) is 7.46. The predicted octanol–water partition coefficient (Wildman–Crippen LogP) is 1.99. The van der Waals surface area contributed by atoms with Gasteiger partial charge in [-0.25, -0.2) is 0 Å². The number of rotatable bonds is 7. The first-order chi connectivity index (χ1) is 10.7.